The van der Waals surface area contributed by atoms with Crippen LogP contribution in [0, 0.1) is 0 Å². The van der Waals surface area contributed by atoms with Gasteiger partial charge in [-0.1, -0.05) is 45.6 Å². The van der Waals surface area contributed by atoms with Gasteiger partial charge in [-0.15, -0.1) is 8.20 Å². The molecule has 0 aromatic heterocycles. The number of hydrogen-bond acceptors (Lipinski definition) is 0. The van der Waals surface area contributed by atoms with Gasteiger partial charge in [-0.3, -0.25) is 0 Å². The standard InChI is InChI=1S/C8H21PSi2/c1-9-8(10(2,3)4)11(5,6)7/h8H,1H2,2-7H3. The topological polar surface area (TPSA) is 0 Å². The van der Waals surface area contributed by atoms with E-state index in [1.165, 1.54) is 8.20 Å². The van der Waals surface area contributed by atoms with Crippen molar-refractivity contribution in [3.63, 3.8) is 0 Å². The third-order valence-electron chi connectivity index (χ3n) is 1.82. The molecular formula is C8H21PSi2. The first-order valence-corrected chi connectivity index (χ1v) is 12.5. The SMILES string of the molecule is C=PC([Si](C)(C)C)[Si](C)(C)C. The smallest absolute Gasteiger partial charge is 0.0536 e. The first kappa shape index (κ1) is 11.6. The monoisotopic (exact) mass is 204 g/mol. The molecule has 0 nitrogen and oxygen atoms in total. The summed E-state index contributed by atoms with van der Waals surface area (Å²) in [5.41, 5.74) is 0. The molecule has 0 radical (unpaired) electrons. The van der Waals surface area contributed by atoms with Crippen molar-refractivity contribution < 1.29 is 0 Å². The molecule has 3 heteroatoms. The molecule has 11 heavy (non-hydrogen) atoms. The first-order valence-electron chi connectivity index (χ1n) is 4.15. The lowest BCUT2D eigenvalue weighted by Gasteiger charge is -2.35. The summed E-state index contributed by atoms with van der Waals surface area (Å²) in [5.74, 6) is 0. The van der Waals surface area contributed by atoms with Crippen molar-refractivity contribution >= 4 is 30.7 Å². The van der Waals surface area contributed by atoms with Crippen molar-refractivity contribution in [2.45, 2.75) is 44.2 Å². The van der Waals surface area contributed by atoms with E-state index >= 15 is 0 Å². The predicted octanol–water partition coefficient (Wildman–Crippen LogP) is 3.49. The molecule has 0 atom stereocenters. The van der Waals surface area contributed by atoms with Crippen LogP contribution in [-0.2, 0) is 0 Å². The summed E-state index contributed by atoms with van der Waals surface area (Å²) < 4.78 is 0. The first-order chi connectivity index (χ1) is 4.69. The minimum absolute atomic E-state index is 0.935. The predicted molar refractivity (Wildman–Crippen MR) is 64.5 cm³/mol. The number of hydrogen-bond donors (Lipinski definition) is 0. The van der Waals surface area contributed by atoms with Gasteiger partial charge in [0.2, 0.25) is 0 Å². The fourth-order valence-corrected chi connectivity index (χ4v) is 16.6. The van der Waals surface area contributed by atoms with E-state index in [9.17, 15) is 0 Å². The Hall–Kier alpha value is 0.604. The van der Waals surface area contributed by atoms with Crippen molar-refractivity contribution in [3.8, 4) is 0 Å². The molecule has 0 aliphatic heterocycles. The zero-order valence-electron chi connectivity index (χ0n) is 8.73. The minimum atomic E-state index is -0.935. The van der Waals surface area contributed by atoms with Gasteiger partial charge in [0.1, 0.15) is 0 Å². The van der Waals surface area contributed by atoms with Crippen LogP contribution in [0.25, 0.3) is 0 Å². The fraction of sp³-hybridized carbons (Fsp3) is 0.875. The normalized spacial score (nSPS) is 14.5. The Labute approximate surface area is 75.2 Å². The van der Waals surface area contributed by atoms with Gasteiger partial charge in [0.05, 0.1) is 16.1 Å². The van der Waals surface area contributed by atoms with E-state index in [1.54, 1.807) is 0 Å². The van der Waals surface area contributed by atoms with Crippen molar-refractivity contribution in [3.05, 3.63) is 0 Å². The molecule has 0 unspecified atom stereocenters. The molecule has 0 amide bonds. The van der Waals surface area contributed by atoms with E-state index < -0.39 is 16.1 Å². The Kier molecular flexibility index (Phi) is 3.74. The van der Waals surface area contributed by atoms with Crippen molar-refractivity contribution in [2.75, 3.05) is 0 Å². The highest BCUT2D eigenvalue weighted by atomic mass is 31.1. The van der Waals surface area contributed by atoms with Crippen LogP contribution in [0.2, 0.25) is 39.3 Å². The van der Waals surface area contributed by atoms with Gasteiger partial charge in [0.15, 0.2) is 0 Å². The maximum Gasteiger partial charge on any atom is 0.0536 e. The second kappa shape index (κ2) is 3.55. The van der Waals surface area contributed by atoms with Crippen molar-refractivity contribution in [1.82, 2.24) is 0 Å². The molecule has 0 spiro atoms. The molecule has 0 rings (SSSR count). The van der Waals surface area contributed by atoms with Gasteiger partial charge in [-0.05, 0) is 4.91 Å². The van der Waals surface area contributed by atoms with Gasteiger partial charge < -0.3 is 0 Å². The van der Waals surface area contributed by atoms with Crippen LogP contribution in [0.3, 0.4) is 0 Å². The summed E-state index contributed by atoms with van der Waals surface area (Å²) in [7, 11) is -0.479. The molecule has 0 fully saturated rings. The van der Waals surface area contributed by atoms with Gasteiger partial charge in [0.25, 0.3) is 0 Å². The molecule has 0 saturated carbocycles. The largest absolute Gasteiger partial charge is 0.115 e. The maximum atomic E-state index is 4.06. The Morgan fingerprint density at radius 3 is 1.18 bits per heavy atom. The zero-order chi connectivity index (χ0) is 9.28. The molecule has 66 valence electrons. The highest BCUT2D eigenvalue weighted by Gasteiger charge is 2.35. The van der Waals surface area contributed by atoms with Gasteiger partial charge in [-0.25, -0.2) is 0 Å². The van der Waals surface area contributed by atoms with E-state index in [0.29, 0.717) is 0 Å². The molecule has 0 heterocycles. The highest BCUT2D eigenvalue weighted by molar-refractivity contribution is 7.47. The molecule has 0 bridgehead atoms. The summed E-state index contributed by atoms with van der Waals surface area (Å²) in [6, 6.07) is 0. The molecular weight excluding hydrogens is 183 g/mol. The second-order valence-electron chi connectivity index (χ2n) is 5.32. The quantitative estimate of drug-likeness (QED) is 0.488. The molecule has 0 aliphatic rings. The van der Waals surface area contributed by atoms with Crippen molar-refractivity contribution in [2.24, 2.45) is 0 Å². The highest BCUT2D eigenvalue weighted by Crippen LogP contribution is 2.28. The third-order valence-corrected chi connectivity index (χ3v) is 16.4. The average molecular weight is 204 g/mol. The average Bonchev–Trinajstić information content (AvgIpc) is 1.56. The van der Waals surface area contributed by atoms with Crippen LogP contribution in [0.15, 0.2) is 0 Å². The van der Waals surface area contributed by atoms with E-state index in [4.69, 9.17) is 0 Å². The number of rotatable bonds is 3. The zero-order valence-corrected chi connectivity index (χ0v) is 11.6. The second-order valence-corrected chi connectivity index (χ2v) is 18.4. The van der Waals surface area contributed by atoms with E-state index in [-0.39, 0.29) is 0 Å². The third kappa shape index (κ3) is 3.68. The molecule has 0 saturated heterocycles. The van der Waals surface area contributed by atoms with E-state index in [0.717, 1.165) is 4.91 Å². The van der Waals surface area contributed by atoms with Gasteiger partial charge in [-0.2, -0.15) is 0 Å². The van der Waals surface area contributed by atoms with E-state index in [1.807, 2.05) is 0 Å². The maximum absolute atomic E-state index is 4.06. The lowest BCUT2D eigenvalue weighted by molar-refractivity contribution is 1.47. The molecule has 0 aromatic rings. The van der Waals surface area contributed by atoms with Crippen LogP contribution in [-0.4, -0.2) is 27.4 Å². The van der Waals surface area contributed by atoms with Crippen LogP contribution in [0.5, 0.6) is 0 Å². The minimum Gasteiger partial charge on any atom is -0.115 e. The summed E-state index contributed by atoms with van der Waals surface area (Å²) in [6.45, 7) is 14.8. The Morgan fingerprint density at radius 2 is 1.18 bits per heavy atom. The van der Waals surface area contributed by atoms with Gasteiger partial charge >= 0.3 is 0 Å². The van der Waals surface area contributed by atoms with Crippen molar-refractivity contribution in [1.29, 1.82) is 0 Å². The van der Waals surface area contributed by atoms with Crippen LogP contribution < -0.4 is 0 Å². The summed E-state index contributed by atoms with van der Waals surface area (Å²) in [6.07, 6.45) is 4.06. The molecule has 0 N–H and O–H groups in total. The summed E-state index contributed by atoms with van der Waals surface area (Å²) >= 11 is 0. The molecule has 0 aromatic carbocycles. The van der Waals surface area contributed by atoms with Crippen LogP contribution in [0.1, 0.15) is 0 Å². The Morgan fingerprint density at radius 1 is 0.909 bits per heavy atom. The van der Waals surface area contributed by atoms with Crippen LogP contribution in [0.4, 0.5) is 0 Å². The lowest BCUT2D eigenvalue weighted by atomic mass is 11.7. The Balaban J connectivity index is 4.56. The Bertz CT molecular complexity index is 127. The fourth-order valence-electron chi connectivity index (χ4n) is 1.85. The molecule has 0 aliphatic carbocycles. The lowest BCUT2D eigenvalue weighted by Crippen LogP contribution is -2.50. The van der Waals surface area contributed by atoms with Crippen LogP contribution >= 0.6 is 8.20 Å². The van der Waals surface area contributed by atoms with Gasteiger partial charge in [0, 0.05) is 0 Å². The summed E-state index contributed by atoms with van der Waals surface area (Å²) in [4.78, 5) is 0.954. The van der Waals surface area contributed by atoms with E-state index in [2.05, 4.69) is 45.6 Å². The summed E-state index contributed by atoms with van der Waals surface area (Å²) in [5, 5.41) is 0.